The van der Waals surface area contributed by atoms with Gasteiger partial charge in [0.25, 0.3) is 5.56 Å². The Hall–Kier alpha value is -2.64. The lowest BCUT2D eigenvalue weighted by Gasteiger charge is -1.95. The lowest BCUT2D eigenvalue weighted by Crippen LogP contribution is -2.28. The fraction of sp³-hybridized carbons (Fsp3) is 0.200. The SMILES string of the molecule is Cn1cncc1-c1nc2c([nH]1)c(=O)[nH]c(=O)n2C. The average molecular weight is 246 g/mol. The van der Waals surface area contributed by atoms with Crippen molar-refractivity contribution in [3.63, 3.8) is 0 Å². The van der Waals surface area contributed by atoms with Crippen LogP contribution in [0.5, 0.6) is 0 Å². The number of aromatic nitrogens is 6. The van der Waals surface area contributed by atoms with Gasteiger partial charge in [0, 0.05) is 14.1 Å². The molecule has 0 atom stereocenters. The molecule has 8 nitrogen and oxygen atoms in total. The molecule has 0 saturated carbocycles. The summed E-state index contributed by atoms with van der Waals surface area (Å²) < 4.78 is 3.05. The molecule has 3 rings (SSSR count). The summed E-state index contributed by atoms with van der Waals surface area (Å²) in [7, 11) is 3.37. The molecule has 0 bridgehead atoms. The number of nitrogens with one attached hydrogen (secondary N) is 2. The van der Waals surface area contributed by atoms with Crippen molar-refractivity contribution in [2.24, 2.45) is 14.1 Å². The number of nitrogens with zero attached hydrogens (tertiary/aromatic N) is 4. The predicted octanol–water partition coefficient (Wildman–Crippen LogP) is -0.650. The molecule has 0 unspecified atom stereocenters. The van der Waals surface area contributed by atoms with E-state index in [4.69, 9.17) is 0 Å². The Morgan fingerprint density at radius 1 is 1.22 bits per heavy atom. The molecule has 0 fully saturated rings. The molecule has 2 N–H and O–H groups in total. The molecular formula is C10H10N6O2. The summed E-state index contributed by atoms with van der Waals surface area (Å²) in [5, 5.41) is 0. The average Bonchev–Trinajstić information content (AvgIpc) is 2.92. The minimum Gasteiger partial charge on any atom is -0.331 e. The van der Waals surface area contributed by atoms with Crippen LogP contribution in [-0.4, -0.2) is 29.1 Å². The lowest BCUT2D eigenvalue weighted by molar-refractivity contribution is 0.832. The molecular weight excluding hydrogens is 236 g/mol. The third kappa shape index (κ3) is 1.32. The van der Waals surface area contributed by atoms with E-state index >= 15 is 0 Å². The molecule has 0 aromatic carbocycles. The van der Waals surface area contributed by atoms with Crippen molar-refractivity contribution in [3.05, 3.63) is 33.4 Å². The van der Waals surface area contributed by atoms with Gasteiger partial charge >= 0.3 is 5.69 Å². The second-order valence-corrected chi connectivity index (χ2v) is 3.99. The van der Waals surface area contributed by atoms with Crippen LogP contribution in [0, 0.1) is 0 Å². The van der Waals surface area contributed by atoms with Crippen LogP contribution in [-0.2, 0) is 14.1 Å². The molecule has 3 aromatic heterocycles. The van der Waals surface area contributed by atoms with Gasteiger partial charge in [-0.15, -0.1) is 0 Å². The lowest BCUT2D eigenvalue weighted by atomic mass is 10.4. The van der Waals surface area contributed by atoms with Crippen molar-refractivity contribution in [2.75, 3.05) is 0 Å². The predicted molar refractivity (Wildman–Crippen MR) is 64.2 cm³/mol. The Balaban J connectivity index is 2.40. The van der Waals surface area contributed by atoms with Crippen LogP contribution >= 0.6 is 0 Å². The molecule has 0 amide bonds. The third-order valence-corrected chi connectivity index (χ3v) is 2.81. The zero-order chi connectivity index (χ0) is 12.9. The maximum atomic E-state index is 11.7. The van der Waals surface area contributed by atoms with Gasteiger partial charge in [-0.3, -0.25) is 14.3 Å². The summed E-state index contributed by atoms with van der Waals surface area (Å²) in [5.74, 6) is 0.497. The van der Waals surface area contributed by atoms with Crippen molar-refractivity contribution in [1.29, 1.82) is 0 Å². The van der Waals surface area contributed by atoms with Gasteiger partial charge < -0.3 is 9.55 Å². The highest BCUT2D eigenvalue weighted by atomic mass is 16.2. The standard InChI is InChI=1S/C10H10N6O2/c1-15-4-11-3-5(15)7-12-6-8(13-7)16(2)10(18)14-9(6)17/h3-4H,1-2H3,(H,12,13)(H,14,17,18). The molecule has 8 heteroatoms. The quantitative estimate of drug-likeness (QED) is 0.595. The topological polar surface area (TPSA) is 101 Å². The molecule has 92 valence electrons. The summed E-state index contributed by atoms with van der Waals surface area (Å²) in [6, 6.07) is 0. The molecule has 0 radical (unpaired) electrons. The van der Waals surface area contributed by atoms with Crippen molar-refractivity contribution in [1.82, 2.24) is 29.1 Å². The van der Waals surface area contributed by atoms with Crippen molar-refractivity contribution in [3.8, 4) is 11.5 Å². The van der Waals surface area contributed by atoms with Crippen LogP contribution in [0.4, 0.5) is 0 Å². The smallest absolute Gasteiger partial charge is 0.329 e. The second kappa shape index (κ2) is 3.42. The van der Waals surface area contributed by atoms with Crippen molar-refractivity contribution >= 4 is 11.2 Å². The number of rotatable bonds is 1. The molecule has 18 heavy (non-hydrogen) atoms. The maximum absolute atomic E-state index is 11.7. The number of H-pyrrole nitrogens is 2. The molecule has 0 saturated heterocycles. The molecule has 0 aliphatic rings. The van der Waals surface area contributed by atoms with E-state index in [0.717, 1.165) is 5.69 Å². The Kier molecular flexibility index (Phi) is 2.00. The highest BCUT2D eigenvalue weighted by Gasteiger charge is 2.13. The van der Waals surface area contributed by atoms with E-state index in [0.29, 0.717) is 11.5 Å². The normalized spacial score (nSPS) is 11.2. The first kappa shape index (κ1) is 10.5. The second-order valence-electron chi connectivity index (χ2n) is 3.99. The summed E-state index contributed by atoms with van der Waals surface area (Å²) in [6.45, 7) is 0. The van der Waals surface area contributed by atoms with Gasteiger partial charge in [0.2, 0.25) is 0 Å². The summed E-state index contributed by atoms with van der Waals surface area (Å²) >= 11 is 0. The first-order valence-electron chi connectivity index (χ1n) is 5.23. The fourth-order valence-electron chi connectivity index (χ4n) is 1.81. The van der Waals surface area contributed by atoms with Gasteiger partial charge in [-0.2, -0.15) is 0 Å². The third-order valence-electron chi connectivity index (χ3n) is 2.81. The van der Waals surface area contributed by atoms with E-state index in [2.05, 4.69) is 19.9 Å². The van der Waals surface area contributed by atoms with E-state index in [1.807, 2.05) is 7.05 Å². The Morgan fingerprint density at radius 3 is 2.67 bits per heavy atom. The summed E-state index contributed by atoms with van der Waals surface area (Å²) in [6.07, 6.45) is 3.26. The summed E-state index contributed by atoms with van der Waals surface area (Å²) in [5.41, 5.74) is 0.357. The van der Waals surface area contributed by atoms with Crippen LogP contribution < -0.4 is 11.2 Å². The number of aryl methyl sites for hydroxylation is 2. The molecule has 3 aromatic rings. The molecule has 3 heterocycles. The Morgan fingerprint density at radius 2 is 2.00 bits per heavy atom. The van der Waals surface area contributed by atoms with Gasteiger partial charge in [0.15, 0.2) is 11.5 Å². The number of aromatic amines is 2. The van der Waals surface area contributed by atoms with E-state index in [9.17, 15) is 9.59 Å². The number of hydrogen-bond acceptors (Lipinski definition) is 4. The van der Waals surface area contributed by atoms with E-state index in [1.165, 1.54) is 4.57 Å². The Labute approximate surface area is 99.9 Å². The van der Waals surface area contributed by atoms with Gasteiger partial charge in [-0.05, 0) is 0 Å². The minimum absolute atomic E-state index is 0.272. The highest BCUT2D eigenvalue weighted by Crippen LogP contribution is 2.16. The van der Waals surface area contributed by atoms with Gasteiger partial charge in [-0.25, -0.2) is 14.8 Å². The molecule has 0 spiro atoms. The van der Waals surface area contributed by atoms with E-state index in [1.54, 1.807) is 24.1 Å². The van der Waals surface area contributed by atoms with Crippen LogP contribution in [0.2, 0.25) is 0 Å². The number of hydrogen-bond donors (Lipinski definition) is 2. The fourth-order valence-corrected chi connectivity index (χ4v) is 1.81. The van der Waals surface area contributed by atoms with E-state index < -0.39 is 11.2 Å². The molecule has 0 aliphatic carbocycles. The van der Waals surface area contributed by atoms with Crippen molar-refractivity contribution < 1.29 is 0 Å². The van der Waals surface area contributed by atoms with Gasteiger partial charge in [0.05, 0.1) is 12.5 Å². The number of fused-ring (bicyclic) bond motifs is 1. The summed E-state index contributed by atoms with van der Waals surface area (Å²) in [4.78, 5) is 36.5. The van der Waals surface area contributed by atoms with Crippen LogP contribution in [0.1, 0.15) is 0 Å². The number of imidazole rings is 2. The highest BCUT2D eigenvalue weighted by molar-refractivity contribution is 5.74. The zero-order valence-electron chi connectivity index (χ0n) is 9.76. The van der Waals surface area contributed by atoms with Gasteiger partial charge in [0.1, 0.15) is 11.2 Å². The first-order valence-corrected chi connectivity index (χ1v) is 5.23. The van der Waals surface area contributed by atoms with Gasteiger partial charge in [-0.1, -0.05) is 0 Å². The maximum Gasteiger partial charge on any atom is 0.329 e. The largest absolute Gasteiger partial charge is 0.331 e. The van der Waals surface area contributed by atoms with E-state index in [-0.39, 0.29) is 5.52 Å². The van der Waals surface area contributed by atoms with Crippen LogP contribution in [0.15, 0.2) is 22.1 Å². The monoisotopic (exact) mass is 246 g/mol. The minimum atomic E-state index is -0.490. The van der Waals surface area contributed by atoms with Crippen LogP contribution in [0.25, 0.3) is 22.7 Å². The van der Waals surface area contributed by atoms with Crippen molar-refractivity contribution in [2.45, 2.75) is 0 Å². The first-order chi connectivity index (χ1) is 8.58. The Bertz CT molecular complexity index is 849. The zero-order valence-corrected chi connectivity index (χ0v) is 9.76. The van der Waals surface area contributed by atoms with Crippen LogP contribution in [0.3, 0.4) is 0 Å². The molecule has 0 aliphatic heterocycles.